The summed E-state index contributed by atoms with van der Waals surface area (Å²) < 4.78 is 0. The summed E-state index contributed by atoms with van der Waals surface area (Å²) in [5, 5.41) is 10.6. The van der Waals surface area contributed by atoms with Crippen molar-refractivity contribution >= 4 is 11.5 Å². The molecule has 2 aromatic carbocycles. The van der Waals surface area contributed by atoms with Gasteiger partial charge in [0.05, 0.1) is 4.92 Å². The molecule has 0 heterocycles. The predicted octanol–water partition coefficient (Wildman–Crippen LogP) is 3.64. The van der Waals surface area contributed by atoms with Gasteiger partial charge in [0.15, 0.2) is 5.78 Å². The Kier molecular flexibility index (Phi) is 3.94. The topological polar surface area (TPSA) is 60.2 Å². The minimum atomic E-state index is -0.449. The highest BCUT2D eigenvalue weighted by Crippen LogP contribution is 2.15. The third-order valence-electron chi connectivity index (χ3n) is 3.34. The summed E-state index contributed by atoms with van der Waals surface area (Å²) in [7, 11) is 0. The van der Waals surface area contributed by atoms with Crippen LogP contribution in [0, 0.1) is 24.0 Å². The Morgan fingerprint density at radius 3 is 2.25 bits per heavy atom. The summed E-state index contributed by atoms with van der Waals surface area (Å²) in [5.74, 6) is 0.0157. The van der Waals surface area contributed by atoms with Crippen LogP contribution < -0.4 is 0 Å². The van der Waals surface area contributed by atoms with Crippen molar-refractivity contribution in [1.82, 2.24) is 0 Å². The molecular formula is C16H15NO3. The summed E-state index contributed by atoms with van der Waals surface area (Å²) in [6, 6.07) is 11.7. The Balaban J connectivity index is 2.14. The van der Waals surface area contributed by atoms with E-state index in [4.69, 9.17) is 0 Å². The first-order chi connectivity index (χ1) is 9.47. The number of rotatable bonds is 4. The summed E-state index contributed by atoms with van der Waals surface area (Å²) in [5.41, 5.74) is 3.72. The second kappa shape index (κ2) is 5.65. The average Bonchev–Trinajstić information content (AvgIpc) is 2.42. The van der Waals surface area contributed by atoms with Crippen LogP contribution in [0.3, 0.4) is 0 Å². The monoisotopic (exact) mass is 269 g/mol. The van der Waals surface area contributed by atoms with Gasteiger partial charge in [-0.1, -0.05) is 24.3 Å². The van der Waals surface area contributed by atoms with Crippen LogP contribution in [-0.2, 0) is 6.42 Å². The zero-order valence-corrected chi connectivity index (χ0v) is 11.4. The summed E-state index contributed by atoms with van der Waals surface area (Å²) in [6.45, 7) is 3.97. The molecule has 0 radical (unpaired) electrons. The van der Waals surface area contributed by atoms with E-state index in [2.05, 4.69) is 0 Å². The van der Waals surface area contributed by atoms with Crippen LogP contribution in [0.1, 0.15) is 27.0 Å². The first-order valence-electron chi connectivity index (χ1n) is 6.31. The molecule has 2 rings (SSSR count). The van der Waals surface area contributed by atoms with Gasteiger partial charge >= 0.3 is 0 Å². The number of non-ortho nitro benzene ring substituents is 1. The molecule has 0 amide bonds. The highest BCUT2D eigenvalue weighted by atomic mass is 16.6. The molecule has 0 aromatic heterocycles. The molecule has 0 atom stereocenters. The molecule has 0 spiro atoms. The molecule has 4 nitrogen and oxygen atoms in total. The highest BCUT2D eigenvalue weighted by molar-refractivity contribution is 5.97. The number of nitro benzene ring substituents is 1. The van der Waals surface area contributed by atoms with Gasteiger partial charge in [-0.05, 0) is 36.6 Å². The van der Waals surface area contributed by atoms with E-state index >= 15 is 0 Å². The van der Waals surface area contributed by atoms with Crippen molar-refractivity contribution in [2.24, 2.45) is 0 Å². The Morgan fingerprint density at radius 1 is 1.05 bits per heavy atom. The maximum absolute atomic E-state index is 12.2. The molecule has 20 heavy (non-hydrogen) atoms. The van der Waals surface area contributed by atoms with Crippen molar-refractivity contribution in [2.45, 2.75) is 20.3 Å². The van der Waals surface area contributed by atoms with Gasteiger partial charge in [-0.2, -0.15) is 0 Å². The number of Topliss-reactive ketones (excluding diaryl/α,β-unsaturated/α-hetero) is 1. The van der Waals surface area contributed by atoms with Gasteiger partial charge < -0.3 is 0 Å². The summed E-state index contributed by atoms with van der Waals surface area (Å²) in [4.78, 5) is 22.3. The molecule has 0 saturated carbocycles. The van der Waals surface area contributed by atoms with Crippen LogP contribution in [0.15, 0.2) is 42.5 Å². The van der Waals surface area contributed by atoms with E-state index in [1.807, 2.05) is 32.0 Å². The second-order valence-electron chi connectivity index (χ2n) is 4.82. The molecule has 0 N–H and O–H groups in total. The van der Waals surface area contributed by atoms with Crippen molar-refractivity contribution in [3.05, 3.63) is 74.8 Å². The minimum absolute atomic E-state index is 0.0157. The fraction of sp³-hybridized carbons (Fsp3) is 0.188. The highest BCUT2D eigenvalue weighted by Gasteiger charge is 2.10. The van der Waals surface area contributed by atoms with Gasteiger partial charge in [-0.25, -0.2) is 0 Å². The fourth-order valence-corrected chi connectivity index (χ4v) is 1.94. The van der Waals surface area contributed by atoms with Gasteiger partial charge in [0, 0.05) is 24.1 Å². The molecule has 0 bridgehead atoms. The Morgan fingerprint density at radius 2 is 1.70 bits per heavy atom. The van der Waals surface area contributed by atoms with Gasteiger partial charge in [0.1, 0.15) is 0 Å². The van der Waals surface area contributed by atoms with Crippen molar-refractivity contribution in [3.63, 3.8) is 0 Å². The molecular weight excluding hydrogens is 254 g/mol. The molecule has 0 aliphatic heterocycles. The first-order valence-corrected chi connectivity index (χ1v) is 6.31. The number of carbonyl (C=O) groups is 1. The Bertz CT molecular complexity index is 660. The molecule has 0 saturated heterocycles. The molecule has 0 fully saturated rings. The van der Waals surface area contributed by atoms with E-state index in [9.17, 15) is 14.9 Å². The van der Waals surface area contributed by atoms with Crippen LogP contribution in [0.4, 0.5) is 5.69 Å². The van der Waals surface area contributed by atoms with E-state index in [1.54, 1.807) is 12.1 Å². The fourth-order valence-electron chi connectivity index (χ4n) is 1.94. The van der Waals surface area contributed by atoms with E-state index in [-0.39, 0.29) is 17.9 Å². The maximum atomic E-state index is 12.2. The summed E-state index contributed by atoms with van der Waals surface area (Å²) >= 11 is 0. The average molecular weight is 269 g/mol. The van der Waals surface area contributed by atoms with Gasteiger partial charge in [0.25, 0.3) is 5.69 Å². The van der Waals surface area contributed by atoms with Crippen molar-refractivity contribution in [1.29, 1.82) is 0 Å². The lowest BCUT2D eigenvalue weighted by molar-refractivity contribution is -0.384. The number of nitrogens with zero attached hydrogens (tertiary/aromatic N) is 1. The standard InChI is InChI=1S/C16H15NO3/c1-11-3-6-14(9-12(11)2)16(18)10-13-4-7-15(8-5-13)17(19)20/h3-9H,10H2,1-2H3. The molecule has 102 valence electrons. The van der Waals surface area contributed by atoms with Crippen LogP contribution >= 0.6 is 0 Å². The van der Waals surface area contributed by atoms with Crippen molar-refractivity contribution in [3.8, 4) is 0 Å². The second-order valence-corrected chi connectivity index (χ2v) is 4.82. The van der Waals surface area contributed by atoms with Crippen LogP contribution in [-0.4, -0.2) is 10.7 Å². The van der Waals surface area contributed by atoms with Crippen molar-refractivity contribution in [2.75, 3.05) is 0 Å². The van der Waals surface area contributed by atoms with Crippen LogP contribution in [0.2, 0.25) is 0 Å². The normalized spacial score (nSPS) is 10.3. The zero-order valence-electron chi connectivity index (χ0n) is 11.4. The molecule has 0 aliphatic rings. The molecule has 2 aromatic rings. The largest absolute Gasteiger partial charge is 0.294 e. The summed E-state index contributed by atoms with van der Waals surface area (Å²) in [6.07, 6.45) is 0.250. The molecule has 4 heteroatoms. The number of benzene rings is 2. The first kappa shape index (κ1) is 13.9. The smallest absolute Gasteiger partial charge is 0.269 e. The van der Waals surface area contributed by atoms with Crippen molar-refractivity contribution < 1.29 is 9.72 Å². The van der Waals surface area contributed by atoms with Gasteiger partial charge in [-0.15, -0.1) is 0 Å². The lowest BCUT2D eigenvalue weighted by Crippen LogP contribution is -2.04. The van der Waals surface area contributed by atoms with E-state index in [1.165, 1.54) is 12.1 Å². The number of carbonyl (C=O) groups excluding carboxylic acids is 1. The SMILES string of the molecule is Cc1ccc(C(=O)Cc2ccc([N+](=O)[O-])cc2)cc1C. The molecule has 0 unspecified atom stereocenters. The zero-order chi connectivity index (χ0) is 14.7. The number of nitro groups is 1. The quantitative estimate of drug-likeness (QED) is 0.483. The van der Waals surface area contributed by atoms with E-state index < -0.39 is 4.92 Å². The van der Waals surface area contributed by atoms with E-state index in [0.29, 0.717) is 5.56 Å². The van der Waals surface area contributed by atoms with Gasteiger partial charge in [0.2, 0.25) is 0 Å². The molecule has 0 aliphatic carbocycles. The third kappa shape index (κ3) is 3.09. The Hall–Kier alpha value is -2.49. The number of ketones is 1. The van der Waals surface area contributed by atoms with E-state index in [0.717, 1.165) is 16.7 Å². The minimum Gasteiger partial charge on any atom is -0.294 e. The number of aryl methyl sites for hydroxylation is 2. The van der Waals surface area contributed by atoms with Crippen LogP contribution in [0.5, 0.6) is 0 Å². The lowest BCUT2D eigenvalue weighted by atomic mass is 9.99. The third-order valence-corrected chi connectivity index (χ3v) is 3.34. The van der Waals surface area contributed by atoms with Gasteiger partial charge in [-0.3, -0.25) is 14.9 Å². The number of hydrogen-bond acceptors (Lipinski definition) is 3. The number of hydrogen-bond donors (Lipinski definition) is 0. The predicted molar refractivity (Wildman–Crippen MR) is 77.0 cm³/mol. The van der Waals surface area contributed by atoms with Crippen LogP contribution in [0.25, 0.3) is 0 Å². The lowest BCUT2D eigenvalue weighted by Gasteiger charge is -2.05. The maximum Gasteiger partial charge on any atom is 0.269 e. The Labute approximate surface area is 117 Å².